The maximum Gasteiger partial charge on any atom is 0.417 e. The molecule has 2 aromatic heterocycles. The summed E-state index contributed by atoms with van der Waals surface area (Å²) in [5, 5.41) is 0. The van der Waals surface area contributed by atoms with E-state index in [9.17, 15) is 18.0 Å². The van der Waals surface area contributed by atoms with Crippen LogP contribution in [0.4, 0.5) is 13.2 Å². The van der Waals surface area contributed by atoms with Gasteiger partial charge >= 0.3 is 6.18 Å². The minimum absolute atomic E-state index is 0. The Morgan fingerprint density at radius 2 is 1.68 bits per heavy atom. The van der Waals surface area contributed by atoms with Crippen molar-refractivity contribution in [2.45, 2.75) is 6.18 Å². The van der Waals surface area contributed by atoms with Crippen molar-refractivity contribution < 1.29 is 18.0 Å². The van der Waals surface area contributed by atoms with Crippen molar-refractivity contribution in [3.8, 4) is 0 Å². The van der Waals surface area contributed by atoms with E-state index >= 15 is 0 Å². The highest BCUT2D eigenvalue weighted by molar-refractivity contribution is 8.93. The lowest BCUT2D eigenvalue weighted by atomic mass is 10.1. The molecule has 0 aliphatic heterocycles. The van der Waals surface area contributed by atoms with Crippen molar-refractivity contribution in [2.75, 3.05) is 0 Å². The zero-order valence-corrected chi connectivity index (χ0v) is 12.8. The Balaban J connectivity index is 0.00000176. The molecular formula is C15H10BrF3N2O. The molecule has 0 atom stereocenters. The highest BCUT2D eigenvalue weighted by atomic mass is 79.9. The Hall–Kier alpha value is -2.15. The zero-order chi connectivity index (χ0) is 15.0. The number of carbonyl (C=O) groups is 1. The standard InChI is InChI=1S/C15H9F3N2O.BrH/c16-15(17,18)11-6-7-13-19-12(9-20(13)8-11)14(21)10-4-2-1-3-5-10;/h1-9H;1H. The molecule has 2 heterocycles. The molecule has 3 rings (SSSR count). The summed E-state index contributed by atoms with van der Waals surface area (Å²) in [6.07, 6.45) is -2.20. The number of rotatable bonds is 2. The number of alkyl halides is 3. The first kappa shape index (κ1) is 16.2. The van der Waals surface area contributed by atoms with E-state index in [2.05, 4.69) is 4.98 Å². The summed E-state index contributed by atoms with van der Waals surface area (Å²) in [6, 6.07) is 10.6. The molecule has 0 amide bonds. The third-order valence-electron chi connectivity index (χ3n) is 3.05. The molecule has 3 nitrogen and oxygen atoms in total. The van der Waals surface area contributed by atoms with Crippen molar-refractivity contribution in [3.05, 3.63) is 71.7 Å². The first-order valence-electron chi connectivity index (χ1n) is 6.11. The molecule has 22 heavy (non-hydrogen) atoms. The molecule has 0 fully saturated rings. The average molecular weight is 371 g/mol. The van der Waals surface area contributed by atoms with Gasteiger partial charge in [0.15, 0.2) is 0 Å². The Bertz CT molecular complexity index is 813. The molecule has 0 aliphatic rings. The molecule has 0 saturated carbocycles. The van der Waals surface area contributed by atoms with Gasteiger partial charge in [0.25, 0.3) is 0 Å². The van der Waals surface area contributed by atoms with Gasteiger partial charge in [-0.1, -0.05) is 30.3 Å². The molecule has 1 aromatic carbocycles. The molecule has 7 heteroatoms. The van der Waals surface area contributed by atoms with Crippen LogP contribution in [0, 0.1) is 0 Å². The number of benzene rings is 1. The Labute approximate surface area is 134 Å². The maximum atomic E-state index is 12.6. The summed E-state index contributed by atoms with van der Waals surface area (Å²) in [7, 11) is 0. The summed E-state index contributed by atoms with van der Waals surface area (Å²) >= 11 is 0. The summed E-state index contributed by atoms with van der Waals surface area (Å²) in [5.74, 6) is -0.326. The van der Waals surface area contributed by atoms with Gasteiger partial charge in [0.1, 0.15) is 11.3 Å². The summed E-state index contributed by atoms with van der Waals surface area (Å²) in [6.45, 7) is 0. The normalized spacial score (nSPS) is 11.2. The van der Waals surface area contributed by atoms with Gasteiger partial charge in [0.2, 0.25) is 5.78 Å². The number of halogens is 4. The topological polar surface area (TPSA) is 34.4 Å². The van der Waals surface area contributed by atoms with Gasteiger partial charge in [-0.15, -0.1) is 17.0 Å². The van der Waals surface area contributed by atoms with Crippen molar-refractivity contribution in [3.63, 3.8) is 0 Å². The van der Waals surface area contributed by atoms with Crippen LogP contribution in [0.3, 0.4) is 0 Å². The van der Waals surface area contributed by atoms with E-state index < -0.39 is 11.7 Å². The summed E-state index contributed by atoms with van der Waals surface area (Å²) < 4.78 is 39.1. The molecule has 0 bridgehead atoms. The van der Waals surface area contributed by atoms with Gasteiger partial charge in [-0.05, 0) is 12.1 Å². The molecule has 0 spiro atoms. The van der Waals surface area contributed by atoms with Gasteiger partial charge in [-0.25, -0.2) is 4.98 Å². The number of carbonyl (C=O) groups excluding carboxylic acids is 1. The van der Waals surface area contributed by atoms with E-state index in [0.29, 0.717) is 11.2 Å². The van der Waals surface area contributed by atoms with Gasteiger partial charge < -0.3 is 4.40 Å². The maximum absolute atomic E-state index is 12.6. The molecule has 0 aliphatic carbocycles. The van der Waals surface area contributed by atoms with Crippen molar-refractivity contribution in [1.29, 1.82) is 0 Å². The van der Waals surface area contributed by atoms with Crippen molar-refractivity contribution >= 4 is 28.4 Å². The lowest BCUT2D eigenvalue weighted by molar-refractivity contribution is -0.137. The fourth-order valence-electron chi connectivity index (χ4n) is 2.01. The largest absolute Gasteiger partial charge is 0.417 e. The smallest absolute Gasteiger partial charge is 0.306 e. The molecule has 114 valence electrons. The number of hydrogen-bond donors (Lipinski definition) is 0. The molecule has 0 unspecified atom stereocenters. The van der Waals surface area contributed by atoms with Crippen LogP contribution in [0.25, 0.3) is 5.65 Å². The Morgan fingerprint density at radius 3 is 2.32 bits per heavy atom. The van der Waals surface area contributed by atoms with Crippen LogP contribution in [-0.4, -0.2) is 15.2 Å². The average Bonchev–Trinajstić information content (AvgIpc) is 2.89. The van der Waals surface area contributed by atoms with Crippen LogP contribution >= 0.6 is 17.0 Å². The fraction of sp³-hybridized carbons (Fsp3) is 0.0667. The minimum atomic E-state index is -4.43. The van der Waals surface area contributed by atoms with Gasteiger partial charge in [0.05, 0.1) is 5.56 Å². The second-order valence-electron chi connectivity index (χ2n) is 4.50. The fourth-order valence-corrected chi connectivity index (χ4v) is 2.01. The number of ketones is 1. The number of aromatic nitrogens is 2. The second-order valence-corrected chi connectivity index (χ2v) is 4.50. The van der Waals surface area contributed by atoms with Crippen LogP contribution in [0.1, 0.15) is 21.6 Å². The lowest BCUT2D eigenvalue weighted by Gasteiger charge is -2.05. The highest BCUT2D eigenvalue weighted by Gasteiger charge is 2.31. The monoisotopic (exact) mass is 370 g/mol. The molecule has 0 saturated heterocycles. The van der Waals surface area contributed by atoms with Crippen LogP contribution in [-0.2, 0) is 6.18 Å². The lowest BCUT2D eigenvalue weighted by Crippen LogP contribution is -2.05. The number of fused-ring (bicyclic) bond motifs is 1. The second kappa shape index (κ2) is 5.92. The van der Waals surface area contributed by atoms with Gasteiger partial charge in [-0.3, -0.25) is 4.79 Å². The third kappa shape index (κ3) is 3.04. The van der Waals surface area contributed by atoms with Crippen LogP contribution in [0.15, 0.2) is 54.9 Å². The molecular weight excluding hydrogens is 361 g/mol. The summed E-state index contributed by atoms with van der Waals surface area (Å²) in [4.78, 5) is 16.3. The van der Waals surface area contributed by atoms with Crippen molar-refractivity contribution in [2.24, 2.45) is 0 Å². The first-order chi connectivity index (χ1) is 9.95. The van der Waals surface area contributed by atoms with Gasteiger partial charge in [-0.2, -0.15) is 13.2 Å². The first-order valence-corrected chi connectivity index (χ1v) is 6.11. The number of hydrogen-bond acceptors (Lipinski definition) is 2. The molecule has 0 radical (unpaired) electrons. The third-order valence-corrected chi connectivity index (χ3v) is 3.05. The van der Waals surface area contributed by atoms with Crippen LogP contribution in [0.2, 0.25) is 0 Å². The van der Waals surface area contributed by atoms with E-state index in [0.717, 1.165) is 12.3 Å². The van der Waals surface area contributed by atoms with Crippen LogP contribution in [0.5, 0.6) is 0 Å². The Morgan fingerprint density at radius 1 is 1.00 bits per heavy atom. The van der Waals surface area contributed by atoms with E-state index in [-0.39, 0.29) is 28.5 Å². The number of nitrogens with zero attached hydrogens (tertiary/aromatic N) is 2. The van der Waals surface area contributed by atoms with Crippen molar-refractivity contribution in [1.82, 2.24) is 9.38 Å². The van der Waals surface area contributed by atoms with E-state index in [1.54, 1.807) is 30.3 Å². The predicted octanol–water partition coefficient (Wildman–Crippen LogP) is 4.16. The van der Waals surface area contributed by atoms with Gasteiger partial charge in [0, 0.05) is 18.0 Å². The number of imidazole rings is 1. The van der Waals surface area contributed by atoms with Crippen LogP contribution < -0.4 is 0 Å². The van der Waals surface area contributed by atoms with E-state index in [1.807, 2.05) is 0 Å². The quantitative estimate of drug-likeness (QED) is 0.634. The molecule has 3 aromatic rings. The molecule has 0 N–H and O–H groups in total. The highest BCUT2D eigenvalue weighted by Crippen LogP contribution is 2.29. The zero-order valence-electron chi connectivity index (χ0n) is 11.0. The SMILES string of the molecule is Br.O=C(c1ccccc1)c1cn2cc(C(F)(F)F)ccc2n1. The number of pyridine rings is 1. The minimum Gasteiger partial charge on any atom is -0.306 e. The summed E-state index contributed by atoms with van der Waals surface area (Å²) in [5.41, 5.74) is 0.0610. The Kier molecular flexibility index (Phi) is 4.37. The predicted molar refractivity (Wildman–Crippen MR) is 80.4 cm³/mol. The van der Waals surface area contributed by atoms with E-state index in [1.165, 1.54) is 16.7 Å². The van der Waals surface area contributed by atoms with E-state index in [4.69, 9.17) is 0 Å².